The van der Waals surface area contributed by atoms with Crippen molar-refractivity contribution in [1.29, 1.82) is 0 Å². The van der Waals surface area contributed by atoms with Crippen LogP contribution in [0.25, 0.3) is 21.7 Å². The molecule has 32 heavy (non-hydrogen) atoms. The lowest BCUT2D eigenvalue weighted by atomic mass is 9.86. The number of alkyl halides is 1. The molecule has 8 nitrogen and oxygen atoms in total. The standard InChI is InChI=1S/C22H25FN6O2S/c1-22-7-6-14(25-22)10-16(19(22)23)29(2)21-28-27-20(32-21)15-5-4-12(8-17(15)30)13-9-18(31-3)26-24-11-13/h4-5,8-9,11,14,16,19,25,30H,6-7,10H2,1-3H3/t14-,16-,19-,22+/m1/s1. The predicted octanol–water partition coefficient (Wildman–Crippen LogP) is 3.43. The second-order valence-corrected chi connectivity index (χ2v) is 9.68. The molecule has 4 heterocycles. The lowest BCUT2D eigenvalue weighted by Gasteiger charge is -2.43. The van der Waals surface area contributed by atoms with Crippen LogP contribution in [0.3, 0.4) is 0 Å². The van der Waals surface area contributed by atoms with E-state index in [1.54, 1.807) is 24.4 Å². The summed E-state index contributed by atoms with van der Waals surface area (Å²) in [4.78, 5) is 1.91. The Morgan fingerprint density at radius 1 is 1.25 bits per heavy atom. The molecule has 0 aliphatic carbocycles. The van der Waals surface area contributed by atoms with E-state index < -0.39 is 11.7 Å². The number of aromatic hydroxyl groups is 1. The van der Waals surface area contributed by atoms with Gasteiger partial charge in [-0.3, -0.25) is 0 Å². The molecule has 4 atom stereocenters. The highest BCUT2D eigenvalue weighted by atomic mass is 32.1. The molecule has 2 saturated heterocycles. The van der Waals surface area contributed by atoms with Crippen molar-refractivity contribution >= 4 is 16.5 Å². The number of aromatic nitrogens is 4. The normalized spacial score (nSPS) is 26.8. The zero-order valence-electron chi connectivity index (χ0n) is 18.1. The zero-order chi connectivity index (χ0) is 22.5. The van der Waals surface area contributed by atoms with Crippen molar-refractivity contribution in [2.45, 2.75) is 50.0 Å². The minimum atomic E-state index is -0.989. The van der Waals surface area contributed by atoms with Crippen LogP contribution in [-0.4, -0.2) is 63.5 Å². The van der Waals surface area contributed by atoms with Crippen molar-refractivity contribution in [3.63, 3.8) is 0 Å². The third-order valence-corrected chi connectivity index (χ3v) is 7.68. The first-order valence-corrected chi connectivity index (χ1v) is 11.4. The van der Waals surface area contributed by atoms with E-state index >= 15 is 4.39 Å². The summed E-state index contributed by atoms with van der Waals surface area (Å²) in [7, 11) is 3.40. The summed E-state index contributed by atoms with van der Waals surface area (Å²) in [5.74, 6) is 0.480. The second-order valence-electron chi connectivity index (χ2n) is 8.72. The molecule has 0 saturated carbocycles. The first-order chi connectivity index (χ1) is 15.4. The molecule has 0 spiro atoms. The van der Waals surface area contributed by atoms with E-state index in [0.29, 0.717) is 27.6 Å². The molecule has 1 aromatic carbocycles. The van der Waals surface area contributed by atoms with Gasteiger partial charge in [-0.25, -0.2) is 4.39 Å². The highest BCUT2D eigenvalue weighted by Crippen LogP contribution is 2.42. The second kappa shape index (κ2) is 7.93. The Balaban J connectivity index is 1.38. The number of benzene rings is 1. The molecule has 168 valence electrons. The molecule has 5 rings (SSSR count). The minimum Gasteiger partial charge on any atom is -0.507 e. The number of nitrogens with zero attached hydrogens (tertiary/aromatic N) is 5. The SMILES string of the molecule is COc1cc(-c2ccc(-c3nnc(N(C)[C@@H]4C[C@H]5CC[C@](C)(N5)[C@@H]4F)s3)c(O)c2)cnn1. The van der Waals surface area contributed by atoms with E-state index in [4.69, 9.17) is 4.74 Å². The monoisotopic (exact) mass is 456 g/mol. The Hall–Kier alpha value is -2.85. The number of piperidine rings is 1. The first kappa shape index (κ1) is 21.0. The van der Waals surface area contributed by atoms with E-state index in [9.17, 15) is 5.11 Å². The highest BCUT2D eigenvalue weighted by molar-refractivity contribution is 7.18. The van der Waals surface area contributed by atoms with Crippen molar-refractivity contribution in [1.82, 2.24) is 25.7 Å². The Kier molecular flexibility index (Phi) is 5.21. The van der Waals surface area contributed by atoms with Crippen LogP contribution < -0.4 is 15.0 Å². The van der Waals surface area contributed by atoms with Crippen LogP contribution in [-0.2, 0) is 0 Å². The number of anilines is 1. The fourth-order valence-corrected chi connectivity index (χ4v) is 5.67. The summed E-state index contributed by atoms with van der Waals surface area (Å²) in [6.45, 7) is 1.97. The van der Waals surface area contributed by atoms with Gasteiger partial charge >= 0.3 is 0 Å². The van der Waals surface area contributed by atoms with Crippen LogP contribution in [0.15, 0.2) is 30.5 Å². The lowest BCUT2D eigenvalue weighted by Crippen LogP contribution is -2.62. The van der Waals surface area contributed by atoms with E-state index in [-0.39, 0.29) is 11.8 Å². The molecule has 3 aromatic rings. The third kappa shape index (κ3) is 3.57. The Morgan fingerprint density at radius 2 is 2.09 bits per heavy atom. The fraction of sp³-hybridized carbons (Fsp3) is 0.455. The maximum absolute atomic E-state index is 15.3. The molecule has 2 aromatic heterocycles. The van der Waals surface area contributed by atoms with Crippen molar-refractivity contribution < 1.29 is 14.2 Å². The lowest BCUT2D eigenvalue weighted by molar-refractivity contribution is 0.111. The van der Waals surface area contributed by atoms with E-state index in [0.717, 1.165) is 30.4 Å². The van der Waals surface area contributed by atoms with Crippen LogP contribution in [0.4, 0.5) is 9.52 Å². The average molecular weight is 457 g/mol. The van der Waals surface area contributed by atoms with Gasteiger partial charge in [0.15, 0.2) is 5.01 Å². The van der Waals surface area contributed by atoms with Crippen LogP contribution in [0.1, 0.15) is 26.2 Å². The summed E-state index contributed by atoms with van der Waals surface area (Å²) < 4.78 is 20.4. The molecule has 0 unspecified atom stereocenters. The Bertz CT molecular complexity index is 1140. The Morgan fingerprint density at radius 3 is 2.88 bits per heavy atom. The molecule has 10 heteroatoms. The molecular formula is C22H25FN6O2S. The molecule has 2 bridgehead atoms. The van der Waals surface area contributed by atoms with Gasteiger partial charge in [0.05, 0.1) is 24.9 Å². The topological polar surface area (TPSA) is 96.3 Å². The fourth-order valence-electron chi connectivity index (χ4n) is 4.77. The molecule has 2 N–H and O–H groups in total. The van der Waals surface area contributed by atoms with Gasteiger partial charge < -0.3 is 20.1 Å². The van der Waals surface area contributed by atoms with E-state index in [2.05, 4.69) is 25.7 Å². The number of nitrogens with one attached hydrogen (secondary N) is 1. The quantitative estimate of drug-likeness (QED) is 0.603. The third-order valence-electron chi connectivity index (χ3n) is 6.63. The maximum Gasteiger partial charge on any atom is 0.233 e. The smallest absolute Gasteiger partial charge is 0.233 e. The number of hydrogen-bond donors (Lipinski definition) is 2. The Labute approximate surface area is 189 Å². The number of hydrogen-bond acceptors (Lipinski definition) is 9. The van der Waals surface area contributed by atoms with Crippen LogP contribution >= 0.6 is 11.3 Å². The molecule has 2 aliphatic heterocycles. The van der Waals surface area contributed by atoms with Crippen LogP contribution in [0, 0.1) is 0 Å². The van der Waals surface area contributed by atoms with Gasteiger partial charge in [-0.05, 0) is 43.9 Å². The van der Waals surface area contributed by atoms with Crippen molar-refractivity contribution in [3.05, 3.63) is 30.5 Å². The average Bonchev–Trinajstić information content (AvgIpc) is 3.41. The first-order valence-electron chi connectivity index (χ1n) is 10.6. The van der Waals surface area contributed by atoms with Crippen LogP contribution in [0.2, 0.25) is 0 Å². The van der Waals surface area contributed by atoms with Gasteiger partial charge in [-0.15, -0.1) is 15.3 Å². The molecule has 0 radical (unpaired) electrons. The molecule has 2 fully saturated rings. The number of methoxy groups -OCH3 is 1. The van der Waals surface area contributed by atoms with Gasteiger partial charge in [-0.1, -0.05) is 17.4 Å². The number of phenolic OH excluding ortho intramolecular Hbond substituents is 1. The summed E-state index contributed by atoms with van der Waals surface area (Å²) >= 11 is 1.35. The van der Waals surface area contributed by atoms with Gasteiger partial charge in [0.2, 0.25) is 11.0 Å². The van der Waals surface area contributed by atoms with Gasteiger partial charge in [0.1, 0.15) is 11.9 Å². The van der Waals surface area contributed by atoms with E-state index in [1.807, 2.05) is 24.9 Å². The number of phenols is 1. The predicted molar refractivity (Wildman–Crippen MR) is 121 cm³/mol. The number of rotatable bonds is 5. The number of ether oxygens (including phenoxy) is 1. The number of fused-ring (bicyclic) bond motifs is 2. The van der Waals surface area contributed by atoms with Crippen molar-refractivity contribution in [2.75, 3.05) is 19.1 Å². The minimum absolute atomic E-state index is 0.0828. The number of halogens is 1. The van der Waals surface area contributed by atoms with Gasteiger partial charge in [0.25, 0.3) is 0 Å². The molecular weight excluding hydrogens is 431 g/mol. The zero-order valence-corrected chi connectivity index (χ0v) is 18.9. The van der Waals surface area contributed by atoms with Gasteiger partial charge in [0, 0.05) is 30.3 Å². The maximum atomic E-state index is 15.3. The van der Waals surface area contributed by atoms with Crippen molar-refractivity contribution in [3.8, 4) is 33.3 Å². The summed E-state index contributed by atoms with van der Waals surface area (Å²) in [6.07, 6.45) is 3.21. The van der Waals surface area contributed by atoms with E-state index in [1.165, 1.54) is 18.4 Å². The highest BCUT2D eigenvalue weighted by Gasteiger charge is 2.51. The summed E-state index contributed by atoms with van der Waals surface area (Å²) in [5.41, 5.74) is 1.65. The van der Waals surface area contributed by atoms with Gasteiger partial charge in [-0.2, -0.15) is 5.10 Å². The van der Waals surface area contributed by atoms with Crippen molar-refractivity contribution in [2.24, 2.45) is 0 Å². The molecule has 2 aliphatic rings. The largest absolute Gasteiger partial charge is 0.507 e. The summed E-state index contributed by atoms with van der Waals surface area (Å²) in [6, 6.07) is 7.16. The van der Waals surface area contributed by atoms with Crippen LogP contribution in [0.5, 0.6) is 11.6 Å². The summed E-state index contributed by atoms with van der Waals surface area (Å²) in [5, 5.41) is 31.7. The molecule has 0 amide bonds.